The fraction of sp³-hybridized carbons (Fsp3) is 0.280. The van der Waals surface area contributed by atoms with Gasteiger partial charge in [-0.15, -0.1) is 0 Å². The molecular formula is C25H29N3O6S2. The smallest absolute Gasteiger partial charge is 0.421 e. The molecule has 2 aromatic carbocycles. The molecule has 1 unspecified atom stereocenters. The zero-order valence-electron chi connectivity index (χ0n) is 20.1. The summed E-state index contributed by atoms with van der Waals surface area (Å²) in [4.78, 5) is 24.0. The van der Waals surface area contributed by atoms with Gasteiger partial charge in [0.25, 0.3) is 10.0 Å². The highest BCUT2D eigenvalue weighted by Crippen LogP contribution is 2.34. The lowest BCUT2D eigenvalue weighted by molar-refractivity contribution is -0.128. The number of benzene rings is 2. The second-order valence-corrected chi connectivity index (χ2v) is 11.4. The first-order valence-corrected chi connectivity index (χ1v) is 14.1. The molecule has 9 nitrogen and oxygen atoms in total. The van der Waals surface area contributed by atoms with Crippen LogP contribution in [0.25, 0.3) is 11.1 Å². The summed E-state index contributed by atoms with van der Waals surface area (Å²) in [5.41, 5.74) is 2.47. The number of hydrogen-bond donors (Lipinski definition) is 2. The first-order valence-electron chi connectivity index (χ1n) is 11.3. The Hall–Kier alpha value is -3.44. The van der Waals surface area contributed by atoms with Crippen LogP contribution in [0.4, 0.5) is 4.79 Å². The Kier molecular flexibility index (Phi) is 9.05. The van der Waals surface area contributed by atoms with E-state index in [4.69, 9.17) is 4.74 Å². The van der Waals surface area contributed by atoms with Gasteiger partial charge in [0.05, 0.1) is 10.6 Å². The highest BCUT2D eigenvalue weighted by molar-refractivity contribution is 8.15. The van der Waals surface area contributed by atoms with E-state index in [0.717, 1.165) is 18.4 Å². The third kappa shape index (κ3) is 6.41. The normalized spacial score (nSPS) is 15.4. The third-order valence-corrected chi connectivity index (χ3v) is 8.96. The minimum absolute atomic E-state index is 0.0674. The summed E-state index contributed by atoms with van der Waals surface area (Å²) in [6.07, 6.45) is 2.13. The van der Waals surface area contributed by atoms with Crippen LogP contribution in [0.2, 0.25) is 0 Å². The highest BCUT2D eigenvalue weighted by Gasteiger charge is 2.28. The van der Waals surface area contributed by atoms with E-state index in [-0.39, 0.29) is 11.5 Å². The van der Waals surface area contributed by atoms with Gasteiger partial charge >= 0.3 is 12.1 Å². The van der Waals surface area contributed by atoms with Crippen LogP contribution in [0.5, 0.6) is 0 Å². The van der Waals surface area contributed by atoms with Crippen molar-refractivity contribution in [2.75, 3.05) is 13.2 Å². The summed E-state index contributed by atoms with van der Waals surface area (Å²) in [5.74, 6) is -0.489. The number of nitrogens with one attached hydrogen (secondary N) is 1. The number of unbranched alkanes of at least 4 members (excludes halogenated alkanes) is 1. The van der Waals surface area contributed by atoms with Crippen LogP contribution >= 0.6 is 10.7 Å². The van der Waals surface area contributed by atoms with Crippen molar-refractivity contribution in [1.29, 1.82) is 0 Å². The largest absolute Gasteiger partial charge is 0.477 e. The lowest BCUT2D eigenvalue weighted by Crippen LogP contribution is -2.31. The molecule has 0 radical (unpaired) electrons. The van der Waals surface area contributed by atoms with Gasteiger partial charge in [0.15, 0.2) is 0 Å². The first kappa shape index (κ1) is 27.2. The molecule has 192 valence electrons. The summed E-state index contributed by atoms with van der Waals surface area (Å²) in [6.45, 7) is 7.77. The van der Waals surface area contributed by atoms with E-state index >= 15 is 0 Å². The topological polar surface area (TPSA) is 125 Å². The van der Waals surface area contributed by atoms with Gasteiger partial charge in [-0.3, -0.25) is 0 Å². The van der Waals surface area contributed by atoms with E-state index in [0.29, 0.717) is 34.0 Å². The Balaban J connectivity index is 1.87. The number of carboxylic acids is 1. The van der Waals surface area contributed by atoms with Crippen molar-refractivity contribution in [3.05, 3.63) is 66.7 Å². The second-order valence-electron chi connectivity index (χ2n) is 7.94. The van der Waals surface area contributed by atoms with Gasteiger partial charge in [0, 0.05) is 17.9 Å². The number of carboxylic acid groups (broad SMARTS) is 1. The van der Waals surface area contributed by atoms with E-state index in [9.17, 15) is 23.1 Å². The second kappa shape index (κ2) is 12.0. The number of sulfonamides is 1. The Morgan fingerprint density at radius 3 is 2.53 bits per heavy atom. The van der Waals surface area contributed by atoms with Gasteiger partial charge in [-0.2, -0.15) is 5.10 Å². The number of hydrogen-bond acceptors (Lipinski definition) is 7. The molecule has 36 heavy (non-hydrogen) atoms. The number of amides is 1. The maximum absolute atomic E-state index is 12.8. The number of hydrazone groups is 1. The predicted octanol–water partition coefficient (Wildman–Crippen LogP) is 4.39. The molecule has 0 saturated carbocycles. The van der Waals surface area contributed by atoms with Crippen molar-refractivity contribution in [1.82, 2.24) is 9.14 Å². The Labute approximate surface area is 213 Å². The average molecular weight is 532 g/mol. The van der Waals surface area contributed by atoms with E-state index in [2.05, 4.69) is 18.6 Å². The molecule has 1 aliphatic rings. The van der Waals surface area contributed by atoms with Crippen LogP contribution in [0.3, 0.4) is 0 Å². The van der Waals surface area contributed by atoms with Gasteiger partial charge in [-0.05, 0) is 30.5 Å². The average Bonchev–Trinajstić information content (AvgIpc) is 3.16. The zero-order chi connectivity index (χ0) is 26.3. The standard InChI is InChI=1S/C25H29N3O6S2/c1-4-6-15-28-26-18(3)23(24(29)30)35(28)17-19-11-13-20(14-12-19)21-9-7-8-10-22(21)36(32,33)27-25(31)34-16-5-2/h5,7-14H,2,4,6,15-17H2,1,3H3,(H,27,31)(H,29,30). The van der Waals surface area contributed by atoms with Crippen LogP contribution in [0.1, 0.15) is 32.3 Å². The zero-order valence-corrected chi connectivity index (χ0v) is 21.8. The van der Waals surface area contributed by atoms with Crippen LogP contribution in [0, 0.1) is 0 Å². The molecule has 0 fully saturated rings. The maximum atomic E-state index is 12.8. The van der Waals surface area contributed by atoms with E-state index in [1.807, 2.05) is 21.3 Å². The minimum Gasteiger partial charge on any atom is -0.477 e. The Bertz CT molecular complexity index is 1320. The van der Waals surface area contributed by atoms with Gasteiger partial charge in [-0.25, -0.2) is 27.1 Å². The predicted molar refractivity (Wildman–Crippen MR) is 142 cm³/mol. The monoisotopic (exact) mass is 531 g/mol. The lowest BCUT2D eigenvalue weighted by atomic mass is 10.0. The molecule has 11 heteroatoms. The number of carbonyl (C=O) groups is 2. The molecule has 0 aromatic heterocycles. The van der Waals surface area contributed by atoms with Gasteiger partial charge in [-0.1, -0.05) is 79.1 Å². The molecule has 0 saturated heterocycles. The maximum Gasteiger partial charge on any atom is 0.421 e. The molecular weight excluding hydrogens is 502 g/mol. The van der Waals surface area contributed by atoms with E-state index in [1.165, 1.54) is 12.1 Å². The molecule has 3 rings (SSSR count). The molecule has 1 heterocycles. The van der Waals surface area contributed by atoms with Crippen LogP contribution in [-0.2, 0) is 25.3 Å². The quantitative estimate of drug-likeness (QED) is 0.325. The van der Waals surface area contributed by atoms with Crippen LogP contribution < -0.4 is 4.72 Å². The van der Waals surface area contributed by atoms with E-state index < -0.39 is 32.8 Å². The van der Waals surface area contributed by atoms with Gasteiger partial charge in [0.1, 0.15) is 11.5 Å². The summed E-state index contributed by atoms with van der Waals surface area (Å²) in [7, 11) is -4.90. The van der Waals surface area contributed by atoms with Crippen LogP contribution in [0.15, 0.2) is 71.2 Å². The van der Waals surface area contributed by atoms with Crippen molar-refractivity contribution in [3.8, 4) is 11.1 Å². The van der Waals surface area contributed by atoms with E-state index in [1.54, 1.807) is 37.3 Å². The molecule has 1 aliphatic heterocycles. The number of nitrogens with zero attached hydrogens (tertiary/aromatic N) is 2. The summed E-state index contributed by atoms with van der Waals surface area (Å²) in [6, 6.07) is 13.6. The van der Waals surface area contributed by atoms with Crippen molar-refractivity contribution in [2.45, 2.75) is 37.3 Å². The number of aliphatic carboxylic acids is 1. The van der Waals surface area contributed by atoms with Crippen molar-refractivity contribution < 1.29 is 27.9 Å². The van der Waals surface area contributed by atoms with Crippen molar-refractivity contribution >= 4 is 43.3 Å². The number of ether oxygens (including phenoxy) is 1. The molecule has 2 aromatic rings. The molecule has 1 amide bonds. The lowest BCUT2D eigenvalue weighted by Gasteiger charge is -2.20. The fourth-order valence-corrected chi connectivity index (χ4v) is 6.89. The molecule has 1 atom stereocenters. The molecule has 0 spiro atoms. The van der Waals surface area contributed by atoms with Gasteiger partial charge in [0.2, 0.25) is 0 Å². The van der Waals surface area contributed by atoms with Crippen LogP contribution in [-0.4, -0.2) is 53.7 Å². The first-order chi connectivity index (χ1) is 17.2. The molecule has 0 bridgehead atoms. The Morgan fingerprint density at radius 1 is 1.19 bits per heavy atom. The van der Waals surface area contributed by atoms with Crippen molar-refractivity contribution in [2.24, 2.45) is 5.10 Å². The highest BCUT2D eigenvalue weighted by atomic mass is 32.2. The summed E-state index contributed by atoms with van der Waals surface area (Å²) < 4.78 is 34.2. The Morgan fingerprint density at radius 2 is 1.89 bits per heavy atom. The summed E-state index contributed by atoms with van der Waals surface area (Å²) in [5, 5.41) is 14.2. The SMILES string of the molecule is C=CCOC(=O)NS(=O)(=O)c1ccccc1-c1ccc(CS2=C(C(=O)O)C(C)=NN2CCCC)cc1. The molecule has 0 aliphatic carbocycles. The third-order valence-electron chi connectivity index (χ3n) is 5.27. The number of rotatable bonds is 11. The molecule has 2 N–H and O–H groups in total. The summed E-state index contributed by atoms with van der Waals surface area (Å²) >= 11 is 0. The van der Waals surface area contributed by atoms with Gasteiger partial charge < -0.3 is 9.84 Å². The minimum atomic E-state index is -4.18. The van der Waals surface area contributed by atoms with Crippen molar-refractivity contribution in [3.63, 3.8) is 0 Å². The fourth-order valence-electron chi connectivity index (χ4n) is 3.60. The number of carbonyl (C=O) groups excluding carboxylic acids is 1.